The van der Waals surface area contributed by atoms with Crippen molar-refractivity contribution in [1.29, 1.82) is 0 Å². The molecule has 9 heteroatoms. The number of amides is 1. The van der Waals surface area contributed by atoms with Gasteiger partial charge in [0.2, 0.25) is 15.9 Å². The fourth-order valence-electron chi connectivity index (χ4n) is 3.35. The van der Waals surface area contributed by atoms with Gasteiger partial charge in [-0.25, -0.2) is 17.2 Å². The highest BCUT2D eigenvalue weighted by atomic mass is 32.2. The van der Waals surface area contributed by atoms with Crippen molar-refractivity contribution >= 4 is 15.9 Å². The number of rotatable bonds is 7. The lowest BCUT2D eigenvalue weighted by molar-refractivity contribution is -0.135. The molecule has 1 heterocycles. The molecule has 1 saturated heterocycles. The molecule has 0 saturated carbocycles. The quantitative estimate of drug-likeness (QED) is 0.667. The van der Waals surface area contributed by atoms with Crippen LogP contribution in [0.4, 0.5) is 8.78 Å². The van der Waals surface area contributed by atoms with Crippen LogP contribution < -0.4 is 4.74 Å². The number of likely N-dealkylation sites (N-methyl/N-ethyl adjacent to an activating group) is 1. The first-order valence-corrected chi connectivity index (χ1v) is 11.1. The molecule has 0 unspecified atom stereocenters. The number of carbonyl (C=O) groups excluding carboxylic acids is 1. The summed E-state index contributed by atoms with van der Waals surface area (Å²) in [5.74, 6) is -0.638. The monoisotopic (exact) mass is 438 g/mol. The molecule has 0 radical (unpaired) electrons. The predicted molar refractivity (Wildman–Crippen MR) is 107 cm³/mol. The lowest BCUT2D eigenvalue weighted by atomic mass is 9.97. The lowest BCUT2D eigenvalue weighted by Gasteiger charge is -2.32. The number of ether oxygens (including phenoxy) is 1. The third-order valence-corrected chi connectivity index (χ3v) is 7.05. The zero-order valence-electron chi connectivity index (χ0n) is 16.6. The van der Waals surface area contributed by atoms with Gasteiger partial charge in [0, 0.05) is 26.1 Å². The summed E-state index contributed by atoms with van der Waals surface area (Å²) in [4.78, 5) is 14.3. The smallest absolute Gasteiger partial charge is 0.243 e. The van der Waals surface area contributed by atoms with Crippen molar-refractivity contribution in [2.75, 3.05) is 33.3 Å². The molecular weight excluding hydrogens is 414 g/mol. The molecule has 1 fully saturated rings. The molecule has 30 heavy (non-hydrogen) atoms. The Morgan fingerprint density at radius 3 is 2.13 bits per heavy atom. The maximum Gasteiger partial charge on any atom is 0.243 e. The Kier molecular flexibility index (Phi) is 7.04. The summed E-state index contributed by atoms with van der Waals surface area (Å²) in [5.41, 5.74) is 0. The van der Waals surface area contributed by atoms with Gasteiger partial charge in [0.05, 0.1) is 11.4 Å². The summed E-state index contributed by atoms with van der Waals surface area (Å²) in [5, 5.41) is 0. The molecule has 162 valence electrons. The van der Waals surface area contributed by atoms with Gasteiger partial charge in [0.1, 0.15) is 24.0 Å². The Bertz CT molecular complexity index is 958. The first-order valence-electron chi connectivity index (χ1n) is 9.66. The fourth-order valence-corrected chi connectivity index (χ4v) is 4.82. The van der Waals surface area contributed by atoms with Gasteiger partial charge in [0.25, 0.3) is 0 Å². The zero-order chi connectivity index (χ0) is 21.7. The van der Waals surface area contributed by atoms with Crippen LogP contribution in [0.5, 0.6) is 5.75 Å². The zero-order valence-corrected chi connectivity index (χ0v) is 17.4. The molecule has 0 spiro atoms. The van der Waals surface area contributed by atoms with E-state index in [1.807, 2.05) is 0 Å². The van der Waals surface area contributed by atoms with Crippen LogP contribution in [0, 0.1) is 17.6 Å². The number of piperidine rings is 1. The lowest BCUT2D eigenvalue weighted by Crippen LogP contribution is -2.44. The second kappa shape index (κ2) is 9.53. The molecule has 0 aromatic heterocycles. The molecule has 0 aliphatic carbocycles. The van der Waals surface area contributed by atoms with Crippen LogP contribution in [0.15, 0.2) is 53.4 Å². The van der Waals surface area contributed by atoms with Crippen LogP contribution >= 0.6 is 0 Å². The Balaban J connectivity index is 1.48. The van der Waals surface area contributed by atoms with Crippen LogP contribution in [0.1, 0.15) is 12.8 Å². The number of hydrogen-bond acceptors (Lipinski definition) is 4. The topological polar surface area (TPSA) is 66.9 Å². The number of benzene rings is 2. The number of halogens is 2. The van der Waals surface area contributed by atoms with Crippen molar-refractivity contribution < 1.29 is 26.7 Å². The van der Waals surface area contributed by atoms with E-state index in [-0.39, 0.29) is 42.2 Å². The number of hydrogen-bond donors (Lipinski definition) is 0. The van der Waals surface area contributed by atoms with Crippen LogP contribution in [0.25, 0.3) is 0 Å². The molecule has 0 N–H and O–H groups in total. The van der Waals surface area contributed by atoms with E-state index < -0.39 is 15.8 Å². The molecule has 2 aromatic rings. The average Bonchev–Trinajstić information content (AvgIpc) is 2.75. The minimum atomic E-state index is -3.70. The first kappa shape index (κ1) is 22.2. The second-order valence-electron chi connectivity index (χ2n) is 7.19. The molecule has 0 bridgehead atoms. The highest BCUT2D eigenvalue weighted by molar-refractivity contribution is 7.89. The normalized spacial score (nSPS) is 15.7. The van der Waals surface area contributed by atoms with Gasteiger partial charge in [-0.05, 0) is 61.4 Å². The van der Waals surface area contributed by atoms with E-state index in [1.165, 1.54) is 40.7 Å². The average molecular weight is 438 g/mol. The summed E-state index contributed by atoms with van der Waals surface area (Å²) in [7, 11) is -2.02. The minimum Gasteiger partial charge on any atom is -0.492 e. The molecule has 1 aliphatic rings. The van der Waals surface area contributed by atoms with E-state index in [9.17, 15) is 22.0 Å². The molecule has 0 atom stereocenters. The van der Waals surface area contributed by atoms with E-state index in [1.54, 1.807) is 11.9 Å². The Labute approximate surface area is 175 Å². The second-order valence-corrected chi connectivity index (χ2v) is 9.13. The Morgan fingerprint density at radius 2 is 1.57 bits per heavy atom. The van der Waals surface area contributed by atoms with Gasteiger partial charge in [-0.1, -0.05) is 0 Å². The summed E-state index contributed by atoms with van der Waals surface area (Å²) < 4.78 is 58.2. The van der Waals surface area contributed by atoms with E-state index in [0.717, 1.165) is 12.1 Å². The number of nitrogens with zero attached hydrogens (tertiary/aromatic N) is 2. The van der Waals surface area contributed by atoms with Gasteiger partial charge < -0.3 is 9.64 Å². The van der Waals surface area contributed by atoms with Crippen LogP contribution in [0.3, 0.4) is 0 Å². The van der Waals surface area contributed by atoms with E-state index >= 15 is 0 Å². The SMILES string of the molecule is CN(CCOc1ccc(F)cc1)C(=O)C1CCN(S(=O)(=O)c2ccc(F)cc2)CC1. The Morgan fingerprint density at radius 1 is 1.03 bits per heavy atom. The van der Waals surface area contributed by atoms with Crippen LogP contribution in [-0.4, -0.2) is 56.8 Å². The summed E-state index contributed by atoms with van der Waals surface area (Å²) >= 11 is 0. The number of sulfonamides is 1. The maximum absolute atomic E-state index is 13.1. The standard InChI is InChI=1S/C21H24F2N2O4S/c1-24(14-15-29-19-6-2-17(22)3-7-19)21(26)16-10-12-25(13-11-16)30(27,28)20-8-4-18(23)5-9-20/h2-9,16H,10-15H2,1H3. The molecule has 6 nitrogen and oxygen atoms in total. The molecule has 2 aromatic carbocycles. The van der Waals surface area contributed by atoms with Crippen molar-refractivity contribution in [2.24, 2.45) is 5.92 Å². The van der Waals surface area contributed by atoms with E-state index in [0.29, 0.717) is 25.1 Å². The maximum atomic E-state index is 13.1. The van der Waals surface area contributed by atoms with Crippen molar-refractivity contribution in [3.8, 4) is 5.75 Å². The highest BCUT2D eigenvalue weighted by Crippen LogP contribution is 2.25. The Hall–Kier alpha value is -2.52. The van der Waals surface area contributed by atoms with Crippen molar-refractivity contribution in [3.05, 3.63) is 60.2 Å². The fraction of sp³-hybridized carbons (Fsp3) is 0.381. The molecule has 3 rings (SSSR count). The highest BCUT2D eigenvalue weighted by Gasteiger charge is 2.33. The molecule has 1 amide bonds. The van der Waals surface area contributed by atoms with Crippen molar-refractivity contribution in [3.63, 3.8) is 0 Å². The summed E-state index contributed by atoms with van der Waals surface area (Å²) in [6, 6.07) is 10.4. The minimum absolute atomic E-state index is 0.0451. The van der Waals surface area contributed by atoms with Gasteiger partial charge in [-0.3, -0.25) is 4.79 Å². The summed E-state index contributed by atoms with van der Waals surface area (Å²) in [6.45, 7) is 1.10. The van der Waals surface area contributed by atoms with Crippen molar-refractivity contribution in [2.45, 2.75) is 17.7 Å². The van der Waals surface area contributed by atoms with Gasteiger partial charge in [0.15, 0.2) is 0 Å². The van der Waals surface area contributed by atoms with Crippen LogP contribution in [0.2, 0.25) is 0 Å². The van der Waals surface area contributed by atoms with E-state index in [2.05, 4.69) is 0 Å². The largest absolute Gasteiger partial charge is 0.492 e. The van der Waals surface area contributed by atoms with Crippen LogP contribution in [-0.2, 0) is 14.8 Å². The number of carbonyl (C=O) groups is 1. The van der Waals surface area contributed by atoms with E-state index in [4.69, 9.17) is 4.74 Å². The third kappa shape index (κ3) is 5.34. The predicted octanol–water partition coefficient (Wildman–Crippen LogP) is 2.90. The van der Waals surface area contributed by atoms with Gasteiger partial charge in [-0.2, -0.15) is 4.31 Å². The third-order valence-electron chi connectivity index (χ3n) is 5.14. The van der Waals surface area contributed by atoms with Crippen molar-refractivity contribution in [1.82, 2.24) is 9.21 Å². The van der Waals surface area contributed by atoms with Gasteiger partial charge in [-0.15, -0.1) is 0 Å². The molecular formula is C21H24F2N2O4S. The molecule has 1 aliphatic heterocycles. The first-order chi connectivity index (χ1) is 14.3. The summed E-state index contributed by atoms with van der Waals surface area (Å²) in [6.07, 6.45) is 0.838. The van der Waals surface area contributed by atoms with Gasteiger partial charge >= 0.3 is 0 Å².